The summed E-state index contributed by atoms with van der Waals surface area (Å²) in [5.41, 5.74) is 1.78. The van der Waals surface area contributed by atoms with Crippen LogP contribution in [-0.2, 0) is 17.9 Å². The molecule has 0 saturated heterocycles. The number of aromatic nitrogens is 4. The number of carbonyl (C=O) groups is 1. The molecule has 2 aromatic carbocycles. The lowest BCUT2D eigenvalue weighted by Crippen LogP contribution is -2.28. The highest BCUT2D eigenvalue weighted by Gasteiger charge is 2.09. The summed E-state index contributed by atoms with van der Waals surface area (Å²) in [6.45, 7) is 0.419. The number of tetrazole rings is 1. The molecule has 0 aliphatic heterocycles. The highest BCUT2D eigenvalue weighted by Crippen LogP contribution is 2.18. The number of nitrogens with zero attached hydrogens (tertiary/aromatic N) is 4. The van der Waals surface area contributed by atoms with Crippen LogP contribution in [0.4, 0.5) is 0 Å². The summed E-state index contributed by atoms with van der Waals surface area (Å²) in [5.74, 6) is 1.78. The quantitative estimate of drug-likeness (QED) is 0.695. The Hall–Kier alpha value is -3.42. The summed E-state index contributed by atoms with van der Waals surface area (Å²) in [5, 5.41) is 15.0. The van der Waals surface area contributed by atoms with Gasteiger partial charge in [-0.2, -0.15) is 4.80 Å². The molecule has 0 fully saturated rings. The minimum absolute atomic E-state index is 0.000685. The first-order chi connectivity index (χ1) is 12.7. The summed E-state index contributed by atoms with van der Waals surface area (Å²) in [6, 6.07) is 14.8. The van der Waals surface area contributed by atoms with E-state index >= 15 is 0 Å². The largest absolute Gasteiger partial charge is 0.497 e. The minimum Gasteiger partial charge on any atom is -0.497 e. The summed E-state index contributed by atoms with van der Waals surface area (Å²) in [7, 11) is 3.22. The number of rotatable bonds is 7. The molecule has 1 heterocycles. The Labute approximate surface area is 150 Å². The predicted octanol–water partition coefficient (Wildman–Crippen LogP) is 1.67. The molecular formula is C18H19N5O3. The van der Waals surface area contributed by atoms with Gasteiger partial charge < -0.3 is 14.8 Å². The maximum Gasteiger partial charge on any atom is 0.243 e. The molecular weight excluding hydrogens is 334 g/mol. The van der Waals surface area contributed by atoms with Crippen molar-refractivity contribution in [3.05, 3.63) is 54.1 Å². The van der Waals surface area contributed by atoms with Gasteiger partial charge in [-0.1, -0.05) is 12.1 Å². The van der Waals surface area contributed by atoms with Gasteiger partial charge >= 0.3 is 0 Å². The zero-order valence-corrected chi connectivity index (χ0v) is 14.5. The van der Waals surface area contributed by atoms with E-state index in [1.165, 1.54) is 4.80 Å². The summed E-state index contributed by atoms with van der Waals surface area (Å²) in [6.07, 6.45) is 0. The molecule has 0 unspecified atom stereocenters. The average Bonchev–Trinajstić information content (AvgIpc) is 3.15. The third kappa shape index (κ3) is 4.35. The Bertz CT molecular complexity index is 859. The third-order valence-electron chi connectivity index (χ3n) is 3.73. The van der Waals surface area contributed by atoms with Crippen molar-refractivity contribution in [1.82, 2.24) is 25.5 Å². The van der Waals surface area contributed by atoms with Crippen molar-refractivity contribution in [2.75, 3.05) is 14.2 Å². The second kappa shape index (κ2) is 8.11. The Morgan fingerprint density at radius 1 is 1.00 bits per heavy atom. The van der Waals surface area contributed by atoms with Crippen LogP contribution in [0, 0.1) is 0 Å². The SMILES string of the molecule is COc1ccc(CNC(=O)Cn2nnc(-c3ccc(OC)cc3)n2)cc1. The van der Waals surface area contributed by atoms with Gasteiger partial charge in [0.05, 0.1) is 14.2 Å². The fraction of sp³-hybridized carbons (Fsp3) is 0.222. The van der Waals surface area contributed by atoms with Gasteiger partial charge in [0.1, 0.15) is 18.0 Å². The first kappa shape index (κ1) is 17.4. The maximum atomic E-state index is 12.1. The van der Waals surface area contributed by atoms with Gasteiger partial charge in [-0.3, -0.25) is 4.79 Å². The maximum absolute atomic E-state index is 12.1. The molecule has 1 amide bonds. The number of nitrogens with one attached hydrogen (secondary N) is 1. The molecule has 26 heavy (non-hydrogen) atoms. The number of benzene rings is 2. The molecule has 8 heteroatoms. The van der Waals surface area contributed by atoms with E-state index in [1.54, 1.807) is 14.2 Å². The van der Waals surface area contributed by atoms with Crippen molar-refractivity contribution in [2.24, 2.45) is 0 Å². The number of hydrogen-bond acceptors (Lipinski definition) is 6. The molecule has 0 aliphatic carbocycles. The number of hydrogen-bond donors (Lipinski definition) is 1. The van der Waals surface area contributed by atoms with Crippen molar-refractivity contribution >= 4 is 5.91 Å². The molecule has 0 aliphatic rings. The Balaban J connectivity index is 1.55. The minimum atomic E-state index is -0.195. The van der Waals surface area contributed by atoms with E-state index in [9.17, 15) is 4.79 Å². The fourth-order valence-electron chi connectivity index (χ4n) is 2.29. The average molecular weight is 353 g/mol. The highest BCUT2D eigenvalue weighted by atomic mass is 16.5. The number of ether oxygens (including phenoxy) is 2. The topological polar surface area (TPSA) is 91.2 Å². The van der Waals surface area contributed by atoms with E-state index in [2.05, 4.69) is 20.7 Å². The van der Waals surface area contributed by atoms with Gasteiger partial charge in [0, 0.05) is 12.1 Å². The normalized spacial score (nSPS) is 10.4. The van der Waals surface area contributed by atoms with Gasteiger partial charge in [0.2, 0.25) is 11.7 Å². The molecule has 1 aromatic heterocycles. The number of amides is 1. The molecule has 134 valence electrons. The van der Waals surface area contributed by atoms with Gasteiger partial charge in [0.25, 0.3) is 0 Å². The van der Waals surface area contributed by atoms with Crippen LogP contribution in [0.2, 0.25) is 0 Å². The van der Waals surface area contributed by atoms with Crippen molar-refractivity contribution in [2.45, 2.75) is 13.1 Å². The van der Waals surface area contributed by atoms with E-state index in [-0.39, 0.29) is 12.5 Å². The summed E-state index contributed by atoms with van der Waals surface area (Å²) < 4.78 is 10.2. The van der Waals surface area contributed by atoms with Crippen LogP contribution in [0.25, 0.3) is 11.4 Å². The van der Waals surface area contributed by atoms with Crippen LogP contribution in [0.1, 0.15) is 5.56 Å². The lowest BCUT2D eigenvalue weighted by atomic mass is 10.2. The van der Waals surface area contributed by atoms with Crippen molar-refractivity contribution in [3.63, 3.8) is 0 Å². The lowest BCUT2D eigenvalue weighted by Gasteiger charge is -2.05. The molecule has 0 saturated carbocycles. The fourth-order valence-corrected chi connectivity index (χ4v) is 2.29. The van der Waals surface area contributed by atoms with Gasteiger partial charge in [0.15, 0.2) is 0 Å². The lowest BCUT2D eigenvalue weighted by molar-refractivity contribution is -0.122. The molecule has 0 atom stereocenters. The Morgan fingerprint density at radius 3 is 2.23 bits per heavy atom. The Morgan fingerprint density at radius 2 is 1.62 bits per heavy atom. The molecule has 3 aromatic rings. The molecule has 0 radical (unpaired) electrons. The third-order valence-corrected chi connectivity index (χ3v) is 3.73. The Kier molecular flexibility index (Phi) is 5.43. The first-order valence-electron chi connectivity index (χ1n) is 8.00. The van der Waals surface area contributed by atoms with Crippen LogP contribution < -0.4 is 14.8 Å². The van der Waals surface area contributed by atoms with E-state index in [1.807, 2.05) is 48.5 Å². The van der Waals surface area contributed by atoms with E-state index in [0.717, 1.165) is 22.6 Å². The zero-order valence-electron chi connectivity index (χ0n) is 14.5. The zero-order chi connectivity index (χ0) is 18.4. The van der Waals surface area contributed by atoms with Crippen LogP contribution in [0.3, 0.4) is 0 Å². The molecule has 1 N–H and O–H groups in total. The van der Waals surface area contributed by atoms with E-state index in [4.69, 9.17) is 9.47 Å². The van der Waals surface area contributed by atoms with Crippen LogP contribution >= 0.6 is 0 Å². The molecule has 0 spiro atoms. The van der Waals surface area contributed by atoms with Crippen molar-refractivity contribution in [3.8, 4) is 22.9 Å². The number of methoxy groups -OCH3 is 2. The van der Waals surface area contributed by atoms with Crippen LogP contribution in [0.15, 0.2) is 48.5 Å². The van der Waals surface area contributed by atoms with E-state index in [0.29, 0.717) is 12.4 Å². The second-order valence-electron chi connectivity index (χ2n) is 5.50. The molecule has 0 bridgehead atoms. The van der Waals surface area contributed by atoms with Gasteiger partial charge in [-0.05, 0) is 47.2 Å². The van der Waals surface area contributed by atoms with Crippen LogP contribution in [0.5, 0.6) is 11.5 Å². The smallest absolute Gasteiger partial charge is 0.243 e. The van der Waals surface area contributed by atoms with Crippen molar-refractivity contribution in [1.29, 1.82) is 0 Å². The number of carbonyl (C=O) groups excluding carboxylic acids is 1. The highest BCUT2D eigenvalue weighted by molar-refractivity contribution is 5.75. The molecule has 3 rings (SSSR count). The predicted molar refractivity (Wildman–Crippen MR) is 94.6 cm³/mol. The monoisotopic (exact) mass is 353 g/mol. The van der Waals surface area contributed by atoms with Gasteiger partial charge in [-0.25, -0.2) is 0 Å². The van der Waals surface area contributed by atoms with E-state index < -0.39 is 0 Å². The van der Waals surface area contributed by atoms with Crippen LogP contribution in [-0.4, -0.2) is 40.3 Å². The molecule has 8 nitrogen and oxygen atoms in total. The first-order valence-corrected chi connectivity index (χ1v) is 8.00. The summed E-state index contributed by atoms with van der Waals surface area (Å²) in [4.78, 5) is 13.3. The van der Waals surface area contributed by atoms with Gasteiger partial charge in [-0.15, -0.1) is 10.2 Å². The standard InChI is InChI=1S/C18H19N5O3/c1-25-15-7-3-13(4-8-15)11-19-17(24)12-23-21-18(20-22-23)14-5-9-16(26-2)10-6-14/h3-10H,11-12H2,1-2H3,(H,19,24). The summed E-state index contributed by atoms with van der Waals surface area (Å²) >= 11 is 0. The second-order valence-corrected chi connectivity index (χ2v) is 5.50. The van der Waals surface area contributed by atoms with Crippen molar-refractivity contribution < 1.29 is 14.3 Å².